The molecule has 1 aliphatic rings. The number of ether oxygens (including phenoxy) is 2. The first kappa shape index (κ1) is 26.3. The largest absolute Gasteiger partial charge is 0.480 e. The maximum Gasteiger partial charge on any atom is 0.224 e. The molecule has 3 aromatic rings. The van der Waals surface area contributed by atoms with Gasteiger partial charge in [-0.3, -0.25) is 9.98 Å². The van der Waals surface area contributed by atoms with Gasteiger partial charge in [0.25, 0.3) is 0 Å². The third-order valence-electron chi connectivity index (χ3n) is 6.68. The van der Waals surface area contributed by atoms with E-state index in [1.54, 1.807) is 6.07 Å². The number of aryl methyl sites for hydroxylation is 1. The smallest absolute Gasteiger partial charge is 0.224 e. The number of nitrogens with one attached hydrogen (secondary N) is 1. The monoisotopic (exact) mass is 506 g/mol. The van der Waals surface area contributed by atoms with Crippen LogP contribution in [0.5, 0.6) is 5.88 Å². The van der Waals surface area contributed by atoms with E-state index in [0.29, 0.717) is 35.8 Å². The molecule has 0 spiro atoms. The molecule has 1 aromatic carbocycles. The molecule has 194 valence electrons. The van der Waals surface area contributed by atoms with E-state index < -0.39 is 5.82 Å². The molecule has 1 atom stereocenters. The molecular formula is C29H32F2N4O2. The van der Waals surface area contributed by atoms with Gasteiger partial charge < -0.3 is 14.8 Å². The second kappa shape index (κ2) is 11.5. The first-order valence-corrected chi connectivity index (χ1v) is 12.3. The van der Waals surface area contributed by atoms with Crippen LogP contribution >= 0.6 is 0 Å². The molecule has 6 nitrogen and oxygen atoms in total. The minimum absolute atomic E-state index is 0.0501. The van der Waals surface area contributed by atoms with Crippen molar-refractivity contribution < 1.29 is 18.3 Å². The summed E-state index contributed by atoms with van der Waals surface area (Å²) in [6.45, 7) is 10.9. The number of fused-ring (bicyclic) bond motifs is 1. The predicted octanol–water partition coefficient (Wildman–Crippen LogP) is 4.60. The summed E-state index contributed by atoms with van der Waals surface area (Å²) in [7, 11) is 1.44. The quantitative estimate of drug-likeness (QED) is 0.322. The van der Waals surface area contributed by atoms with E-state index in [2.05, 4.69) is 47.9 Å². The van der Waals surface area contributed by atoms with Crippen molar-refractivity contribution in [2.75, 3.05) is 25.7 Å². The van der Waals surface area contributed by atoms with Crippen LogP contribution in [0.2, 0.25) is 0 Å². The van der Waals surface area contributed by atoms with Crippen LogP contribution in [0.15, 0.2) is 48.2 Å². The maximum atomic E-state index is 14.7. The van der Waals surface area contributed by atoms with Gasteiger partial charge in [0, 0.05) is 24.3 Å². The molecule has 0 bridgehead atoms. The average molecular weight is 507 g/mol. The van der Waals surface area contributed by atoms with Gasteiger partial charge in [0.15, 0.2) is 6.73 Å². The number of rotatable bonds is 10. The van der Waals surface area contributed by atoms with Crippen molar-refractivity contribution >= 4 is 17.5 Å². The van der Waals surface area contributed by atoms with E-state index >= 15 is 0 Å². The molecule has 0 amide bonds. The van der Waals surface area contributed by atoms with Crippen molar-refractivity contribution in [3.05, 3.63) is 87.8 Å². The Kier molecular flexibility index (Phi) is 8.16. The van der Waals surface area contributed by atoms with Crippen LogP contribution in [0.4, 0.5) is 14.5 Å². The molecule has 0 fully saturated rings. The zero-order valence-corrected chi connectivity index (χ0v) is 21.6. The van der Waals surface area contributed by atoms with Gasteiger partial charge in [-0.1, -0.05) is 26.5 Å². The highest BCUT2D eigenvalue weighted by molar-refractivity contribution is 5.62. The van der Waals surface area contributed by atoms with E-state index in [9.17, 15) is 8.78 Å². The Bertz CT molecular complexity index is 1420. The van der Waals surface area contributed by atoms with Crippen LogP contribution < -0.4 is 20.8 Å². The summed E-state index contributed by atoms with van der Waals surface area (Å²) < 4.78 is 39.2. The van der Waals surface area contributed by atoms with Crippen LogP contribution in [0, 0.1) is 30.4 Å². The van der Waals surface area contributed by atoms with Crippen LogP contribution in [0.1, 0.15) is 36.1 Å². The molecule has 37 heavy (non-hydrogen) atoms. The van der Waals surface area contributed by atoms with E-state index in [4.69, 9.17) is 14.5 Å². The van der Waals surface area contributed by atoms with Crippen LogP contribution in [0.3, 0.4) is 0 Å². The lowest BCUT2D eigenvalue weighted by Gasteiger charge is -2.17. The standard InChI is InChI=1S/C29H32F2N4O2/c1-17(2)21-11-28-27(33-14-21)10-20(13-32-28)6-7-23-18(3)26(9-8-25(23)31)35-16-37-19(4)24-12-22(30)15-34-29(24)36-5/h8-13,15,17,21,35H,4,6-7,14,16H2,1-3,5H3. The lowest BCUT2D eigenvalue weighted by molar-refractivity contribution is 0.301. The van der Waals surface area contributed by atoms with Gasteiger partial charge in [-0.15, -0.1) is 0 Å². The minimum Gasteiger partial charge on any atom is -0.480 e. The Morgan fingerprint density at radius 1 is 1.16 bits per heavy atom. The van der Waals surface area contributed by atoms with Crippen LogP contribution in [0.25, 0.3) is 11.8 Å². The minimum atomic E-state index is -0.520. The van der Waals surface area contributed by atoms with Crippen molar-refractivity contribution in [3.8, 4) is 5.88 Å². The van der Waals surface area contributed by atoms with Crippen molar-refractivity contribution in [1.82, 2.24) is 9.97 Å². The van der Waals surface area contributed by atoms with Gasteiger partial charge in [-0.05, 0) is 66.6 Å². The number of anilines is 1. The Balaban J connectivity index is 1.41. The molecule has 0 saturated carbocycles. The van der Waals surface area contributed by atoms with E-state index in [-0.39, 0.29) is 24.2 Å². The molecule has 4 rings (SSSR count). The van der Waals surface area contributed by atoms with Gasteiger partial charge in [0.1, 0.15) is 17.4 Å². The van der Waals surface area contributed by atoms with Gasteiger partial charge in [0.2, 0.25) is 5.88 Å². The molecule has 0 saturated heterocycles. The third kappa shape index (κ3) is 6.13. The Hall–Kier alpha value is -3.81. The number of benzene rings is 1. The van der Waals surface area contributed by atoms with E-state index in [1.807, 2.05) is 13.1 Å². The summed E-state index contributed by atoms with van der Waals surface area (Å²) in [5.74, 6) is 0.578. The summed E-state index contributed by atoms with van der Waals surface area (Å²) in [6.07, 6.45) is 6.29. The topological polar surface area (TPSA) is 68.6 Å². The fourth-order valence-electron chi connectivity index (χ4n) is 4.32. The number of methoxy groups -OCH3 is 1. The number of hydrogen-bond donors (Lipinski definition) is 1. The second-order valence-corrected chi connectivity index (χ2v) is 9.46. The Morgan fingerprint density at radius 2 is 1.97 bits per heavy atom. The fraction of sp³-hybridized carbons (Fsp3) is 0.345. The summed E-state index contributed by atoms with van der Waals surface area (Å²) >= 11 is 0. The zero-order valence-electron chi connectivity index (χ0n) is 21.6. The lowest BCUT2D eigenvalue weighted by Crippen LogP contribution is -2.35. The third-order valence-corrected chi connectivity index (χ3v) is 6.68. The Labute approximate surface area is 215 Å². The fourth-order valence-corrected chi connectivity index (χ4v) is 4.32. The summed E-state index contributed by atoms with van der Waals surface area (Å²) in [6, 6.07) is 6.42. The number of nitrogens with zero attached hydrogens (tertiary/aromatic N) is 3. The van der Waals surface area contributed by atoms with Crippen molar-refractivity contribution in [2.45, 2.75) is 33.6 Å². The normalized spacial score (nSPS) is 14.4. The number of pyridine rings is 2. The highest BCUT2D eigenvalue weighted by Gasteiger charge is 2.15. The molecule has 0 radical (unpaired) electrons. The number of hydrogen-bond acceptors (Lipinski definition) is 6. The van der Waals surface area contributed by atoms with E-state index in [1.165, 1.54) is 19.2 Å². The van der Waals surface area contributed by atoms with Crippen molar-refractivity contribution in [3.63, 3.8) is 0 Å². The molecule has 8 heteroatoms. The first-order chi connectivity index (χ1) is 17.8. The van der Waals surface area contributed by atoms with Crippen molar-refractivity contribution in [2.24, 2.45) is 16.8 Å². The molecule has 0 aliphatic carbocycles. The molecule has 3 heterocycles. The molecule has 1 aliphatic heterocycles. The van der Waals surface area contributed by atoms with Crippen LogP contribution in [-0.2, 0) is 17.6 Å². The van der Waals surface area contributed by atoms with Gasteiger partial charge in [-0.2, -0.15) is 0 Å². The predicted molar refractivity (Wildman–Crippen MR) is 141 cm³/mol. The molecule has 2 aromatic heterocycles. The van der Waals surface area contributed by atoms with Gasteiger partial charge in [-0.25, -0.2) is 13.8 Å². The summed E-state index contributed by atoms with van der Waals surface area (Å²) in [4.78, 5) is 13.2. The number of halogens is 2. The molecule has 1 N–H and O–H groups in total. The Morgan fingerprint density at radius 3 is 2.73 bits per heavy atom. The van der Waals surface area contributed by atoms with Crippen molar-refractivity contribution in [1.29, 1.82) is 0 Å². The summed E-state index contributed by atoms with van der Waals surface area (Å²) in [5, 5.41) is 4.98. The molecular weight excluding hydrogens is 474 g/mol. The highest BCUT2D eigenvalue weighted by atomic mass is 19.1. The summed E-state index contributed by atoms with van der Waals surface area (Å²) in [5.41, 5.74) is 3.50. The SMILES string of the molecule is C=C(OCNc1ccc(F)c(CCc2cnc3c(c2)=NCC(C(C)C)C=3)c1C)c1cc(F)cnc1OC. The van der Waals surface area contributed by atoms with E-state index in [0.717, 1.165) is 40.3 Å². The number of aromatic nitrogens is 2. The molecule has 1 unspecified atom stereocenters. The lowest BCUT2D eigenvalue weighted by atomic mass is 9.94. The van der Waals surface area contributed by atoms with Gasteiger partial charge in [0.05, 0.1) is 29.6 Å². The zero-order chi connectivity index (χ0) is 26.5. The highest BCUT2D eigenvalue weighted by Crippen LogP contribution is 2.26. The second-order valence-electron chi connectivity index (χ2n) is 9.46. The maximum absolute atomic E-state index is 14.7. The van der Waals surface area contributed by atoms with Gasteiger partial charge >= 0.3 is 0 Å². The van der Waals surface area contributed by atoms with Crippen LogP contribution in [-0.4, -0.2) is 30.4 Å². The first-order valence-electron chi connectivity index (χ1n) is 12.3. The average Bonchev–Trinajstić information content (AvgIpc) is 2.89.